The molecule has 0 amide bonds. The monoisotopic (exact) mass is 265 g/mol. The van der Waals surface area contributed by atoms with Crippen molar-refractivity contribution in [3.8, 4) is 0 Å². The number of alkyl halides is 1. The summed E-state index contributed by atoms with van der Waals surface area (Å²) in [6.07, 6.45) is 4.56. The minimum absolute atomic E-state index is 0.539. The van der Waals surface area contributed by atoms with E-state index in [9.17, 15) is 0 Å². The van der Waals surface area contributed by atoms with E-state index in [4.69, 9.17) is 11.6 Å². The number of fused-ring (bicyclic) bond motifs is 1. The molecule has 4 heteroatoms. The molecule has 0 spiro atoms. The predicted octanol–water partition coefficient (Wildman–Crippen LogP) is 2.49. The Morgan fingerprint density at radius 3 is 3.17 bits per heavy atom. The van der Waals surface area contributed by atoms with E-state index in [2.05, 4.69) is 27.8 Å². The smallest absolute Gasteiger partial charge is 0.129 e. The number of aromatic nitrogens is 1. The van der Waals surface area contributed by atoms with Crippen LogP contribution in [0.25, 0.3) is 0 Å². The third-order valence-electron chi connectivity index (χ3n) is 4.20. The topological polar surface area (TPSA) is 19.4 Å². The van der Waals surface area contributed by atoms with Crippen LogP contribution in [0.1, 0.15) is 25.3 Å². The average molecular weight is 266 g/mol. The molecule has 2 aliphatic rings. The Bertz CT molecular complexity index is 423. The van der Waals surface area contributed by atoms with Crippen molar-refractivity contribution in [2.24, 2.45) is 0 Å². The maximum Gasteiger partial charge on any atom is 0.129 e. The van der Waals surface area contributed by atoms with E-state index in [1.54, 1.807) is 0 Å². The Morgan fingerprint density at radius 1 is 1.44 bits per heavy atom. The van der Waals surface area contributed by atoms with Crippen molar-refractivity contribution in [3.63, 3.8) is 0 Å². The summed E-state index contributed by atoms with van der Waals surface area (Å²) < 4.78 is 0. The Kier molecular flexibility index (Phi) is 3.44. The summed E-state index contributed by atoms with van der Waals surface area (Å²) in [4.78, 5) is 9.60. The lowest BCUT2D eigenvalue weighted by Crippen LogP contribution is -2.55. The second kappa shape index (κ2) is 5.06. The number of anilines is 1. The van der Waals surface area contributed by atoms with Crippen LogP contribution in [0.4, 0.5) is 5.82 Å². The molecule has 3 rings (SSSR count). The molecule has 2 fully saturated rings. The normalized spacial score (nSPS) is 28.4. The van der Waals surface area contributed by atoms with Gasteiger partial charge in [-0.1, -0.05) is 0 Å². The highest BCUT2D eigenvalue weighted by atomic mass is 35.5. The Labute approximate surface area is 114 Å². The van der Waals surface area contributed by atoms with Gasteiger partial charge in [0.05, 0.1) is 0 Å². The van der Waals surface area contributed by atoms with Crippen molar-refractivity contribution in [1.29, 1.82) is 0 Å². The van der Waals surface area contributed by atoms with Crippen molar-refractivity contribution >= 4 is 17.4 Å². The zero-order chi connectivity index (χ0) is 12.5. The average Bonchev–Trinajstić information content (AvgIpc) is 2.85. The van der Waals surface area contributed by atoms with Gasteiger partial charge in [0, 0.05) is 37.3 Å². The van der Waals surface area contributed by atoms with E-state index in [-0.39, 0.29) is 0 Å². The lowest BCUT2D eigenvalue weighted by Gasteiger charge is -2.43. The molecule has 18 heavy (non-hydrogen) atoms. The molecule has 1 aromatic rings. The lowest BCUT2D eigenvalue weighted by molar-refractivity contribution is 0.202. The van der Waals surface area contributed by atoms with Crippen molar-refractivity contribution in [1.82, 2.24) is 9.88 Å². The first-order chi connectivity index (χ1) is 8.78. The van der Waals surface area contributed by atoms with Crippen molar-refractivity contribution < 1.29 is 0 Å². The van der Waals surface area contributed by atoms with Gasteiger partial charge in [-0.2, -0.15) is 0 Å². The van der Waals surface area contributed by atoms with Crippen LogP contribution < -0.4 is 4.90 Å². The maximum absolute atomic E-state index is 5.91. The van der Waals surface area contributed by atoms with Gasteiger partial charge in [-0.25, -0.2) is 4.98 Å². The molecule has 3 heterocycles. The van der Waals surface area contributed by atoms with Crippen LogP contribution in [0.15, 0.2) is 18.3 Å². The SMILES string of the molecule is CC1CN2CCCC2CN1c1cc(CCl)ccn1. The number of pyridine rings is 1. The van der Waals surface area contributed by atoms with Gasteiger partial charge < -0.3 is 4.90 Å². The zero-order valence-electron chi connectivity index (χ0n) is 10.8. The number of nitrogens with zero attached hydrogens (tertiary/aromatic N) is 3. The van der Waals surface area contributed by atoms with E-state index in [1.165, 1.54) is 19.4 Å². The van der Waals surface area contributed by atoms with Gasteiger partial charge >= 0.3 is 0 Å². The molecule has 0 saturated carbocycles. The molecule has 0 bridgehead atoms. The molecule has 2 aliphatic heterocycles. The van der Waals surface area contributed by atoms with Crippen LogP contribution in [0, 0.1) is 0 Å². The second-order valence-electron chi connectivity index (χ2n) is 5.45. The first-order valence-electron chi connectivity index (χ1n) is 6.79. The highest BCUT2D eigenvalue weighted by Crippen LogP contribution is 2.28. The van der Waals surface area contributed by atoms with Crippen LogP contribution in [0.2, 0.25) is 0 Å². The van der Waals surface area contributed by atoms with Crippen molar-refractivity contribution in [2.45, 2.75) is 37.7 Å². The van der Waals surface area contributed by atoms with E-state index >= 15 is 0 Å². The first-order valence-corrected chi connectivity index (χ1v) is 7.33. The minimum atomic E-state index is 0.539. The highest BCUT2D eigenvalue weighted by Gasteiger charge is 2.34. The molecule has 98 valence electrons. The predicted molar refractivity (Wildman–Crippen MR) is 75.2 cm³/mol. The van der Waals surface area contributed by atoms with Crippen LogP contribution in [0.3, 0.4) is 0 Å². The quantitative estimate of drug-likeness (QED) is 0.766. The van der Waals surface area contributed by atoms with E-state index in [0.29, 0.717) is 11.9 Å². The number of piperazine rings is 1. The molecule has 2 unspecified atom stereocenters. The number of rotatable bonds is 2. The summed E-state index contributed by atoms with van der Waals surface area (Å²) in [5.74, 6) is 1.65. The molecule has 2 saturated heterocycles. The molecule has 0 N–H and O–H groups in total. The summed E-state index contributed by atoms with van der Waals surface area (Å²) >= 11 is 5.91. The molecular weight excluding hydrogens is 246 g/mol. The largest absolute Gasteiger partial charge is 0.351 e. The number of hydrogen-bond acceptors (Lipinski definition) is 3. The molecule has 0 aromatic carbocycles. The summed E-state index contributed by atoms with van der Waals surface area (Å²) in [5.41, 5.74) is 1.16. The summed E-state index contributed by atoms with van der Waals surface area (Å²) in [5, 5.41) is 0. The van der Waals surface area contributed by atoms with Gasteiger partial charge in [-0.05, 0) is 44.0 Å². The third-order valence-corrected chi connectivity index (χ3v) is 4.50. The van der Waals surface area contributed by atoms with Gasteiger partial charge in [-0.3, -0.25) is 4.90 Å². The summed E-state index contributed by atoms with van der Waals surface area (Å²) in [6, 6.07) is 5.39. The molecular formula is C14H20ClN3. The standard InChI is InChI=1S/C14H20ClN3/c1-11-9-17-6-2-3-13(17)10-18(11)14-7-12(8-15)4-5-16-14/h4-5,7,11,13H,2-3,6,8-10H2,1H3. The van der Waals surface area contributed by atoms with Crippen molar-refractivity contribution in [3.05, 3.63) is 23.9 Å². The van der Waals surface area contributed by atoms with Crippen LogP contribution in [0.5, 0.6) is 0 Å². The van der Waals surface area contributed by atoms with Crippen LogP contribution in [-0.2, 0) is 5.88 Å². The van der Waals surface area contributed by atoms with E-state index in [0.717, 1.165) is 30.5 Å². The molecule has 3 nitrogen and oxygen atoms in total. The van der Waals surface area contributed by atoms with Crippen LogP contribution in [-0.4, -0.2) is 41.6 Å². The number of hydrogen-bond donors (Lipinski definition) is 0. The van der Waals surface area contributed by atoms with Gasteiger partial charge in [0.2, 0.25) is 0 Å². The van der Waals surface area contributed by atoms with Gasteiger partial charge in [0.25, 0.3) is 0 Å². The van der Waals surface area contributed by atoms with Gasteiger partial charge in [0.15, 0.2) is 0 Å². The van der Waals surface area contributed by atoms with Crippen molar-refractivity contribution in [2.75, 3.05) is 24.5 Å². The Hall–Kier alpha value is -0.800. The minimum Gasteiger partial charge on any atom is -0.351 e. The van der Waals surface area contributed by atoms with Crippen LogP contribution >= 0.6 is 11.6 Å². The van der Waals surface area contributed by atoms with Gasteiger partial charge in [-0.15, -0.1) is 11.6 Å². The fraction of sp³-hybridized carbons (Fsp3) is 0.643. The summed E-state index contributed by atoms with van der Waals surface area (Å²) in [6.45, 7) is 5.85. The molecule has 2 atom stereocenters. The zero-order valence-corrected chi connectivity index (χ0v) is 11.6. The number of halogens is 1. The molecule has 0 radical (unpaired) electrons. The second-order valence-corrected chi connectivity index (χ2v) is 5.72. The molecule has 0 aliphatic carbocycles. The Balaban J connectivity index is 1.81. The molecule has 1 aromatic heterocycles. The fourth-order valence-corrected chi connectivity index (χ4v) is 3.37. The highest BCUT2D eigenvalue weighted by molar-refractivity contribution is 6.17. The third kappa shape index (κ3) is 2.21. The fourth-order valence-electron chi connectivity index (χ4n) is 3.21. The van der Waals surface area contributed by atoms with E-state index < -0.39 is 0 Å². The van der Waals surface area contributed by atoms with E-state index in [1.807, 2.05) is 12.3 Å². The Morgan fingerprint density at radius 2 is 2.33 bits per heavy atom. The lowest BCUT2D eigenvalue weighted by atomic mass is 10.1. The maximum atomic E-state index is 5.91. The first kappa shape index (κ1) is 12.2. The summed E-state index contributed by atoms with van der Waals surface area (Å²) in [7, 11) is 0. The van der Waals surface area contributed by atoms with Gasteiger partial charge in [0.1, 0.15) is 5.82 Å².